The number of rotatable bonds is 8. The van der Waals surface area contributed by atoms with Crippen LogP contribution < -0.4 is 20.7 Å². The third kappa shape index (κ3) is 7.83. The predicted molar refractivity (Wildman–Crippen MR) is 169 cm³/mol. The average molecular weight is 611 g/mol. The maximum absolute atomic E-state index is 14.4. The third-order valence-electron chi connectivity index (χ3n) is 7.61. The molecule has 3 aromatic carbocycles. The summed E-state index contributed by atoms with van der Waals surface area (Å²) in [5.74, 6) is 0.267. The molecule has 4 amide bonds. The van der Waals surface area contributed by atoms with E-state index in [1.165, 1.54) is 0 Å². The lowest BCUT2D eigenvalue weighted by Crippen LogP contribution is -2.53. The van der Waals surface area contributed by atoms with Crippen LogP contribution in [0.5, 0.6) is 5.75 Å². The van der Waals surface area contributed by atoms with Crippen molar-refractivity contribution in [2.45, 2.75) is 57.2 Å². The number of likely N-dealkylation sites (tertiary alicyclic amines) is 1. The van der Waals surface area contributed by atoms with Crippen molar-refractivity contribution in [3.8, 4) is 17.1 Å². The number of tetrazole rings is 1. The molecule has 0 saturated carbocycles. The minimum absolute atomic E-state index is 0.166. The fraction of sp³-hybridized carbons (Fsp3) is 0.333. The topological polar surface area (TPSA) is 154 Å². The van der Waals surface area contributed by atoms with Gasteiger partial charge in [0.1, 0.15) is 18.3 Å². The Morgan fingerprint density at radius 1 is 1.00 bits per heavy atom. The van der Waals surface area contributed by atoms with Crippen molar-refractivity contribution < 1.29 is 19.1 Å². The van der Waals surface area contributed by atoms with Crippen LogP contribution in [0.3, 0.4) is 0 Å². The standard InChI is InChI=1S/C33H38N8O4/c1-33(2,3)36-29(42)20-41-27(21-11-6-5-7-12-21)19-23(25-15-8-9-16-28(25)45-4)18-26(31(41)43)35-32(44)34-24-14-10-13-22(17-24)30-37-39-40-38-30/h5-17,23,26-27H,18-20H2,1-4H3,(H,36,42)(H2,34,35,44)(H,37,38,39,40). The highest BCUT2D eigenvalue weighted by Gasteiger charge is 2.40. The van der Waals surface area contributed by atoms with E-state index in [0.29, 0.717) is 35.7 Å². The number of nitrogens with one attached hydrogen (secondary N) is 4. The molecule has 1 aromatic heterocycles. The Kier molecular flexibility index (Phi) is 9.41. The molecule has 12 nitrogen and oxygen atoms in total. The number of carbonyl (C=O) groups excluding carboxylic acids is 3. The van der Waals surface area contributed by atoms with Gasteiger partial charge in [0, 0.05) is 16.8 Å². The highest BCUT2D eigenvalue weighted by atomic mass is 16.5. The number of urea groups is 1. The fourth-order valence-electron chi connectivity index (χ4n) is 5.75. The van der Waals surface area contributed by atoms with E-state index in [-0.39, 0.29) is 24.3 Å². The molecule has 3 unspecified atom stereocenters. The Bertz CT molecular complexity index is 1620. The van der Waals surface area contributed by atoms with Crippen LogP contribution in [0.15, 0.2) is 78.9 Å². The molecule has 1 aliphatic heterocycles. The molecule has 12 heteroatoms. The number of aromatic amines is 1. The van der Waals surface area contributed by atoms with Gasteiger partial charge in [0.2, 0.25) is 17.6 Å². The van der Waals surface area contributed by atoms with Crippen LogP contribution in [0.25, 0.3) is 11.4 Å². The van der Waals surface area contributed by atoms with E-state index in [1.807, 2.05) is 75.4 Å². The fourth-order valence-corrected chi connectivity index (χ4v) is 5.75. The lowest BCUT2D eigenvalue weighted by molar-refractivity contribution is -0.139. The number of methoxy groups -OCH3 is 1. The first-order valence-electron chi connectivity index (χ1n) is 14.8. The molecule has 1 saturated heterocycles. The number of nitrogens with zero attached hydrogens (tertiary/aromatic N) is 4. The van der Waals surface area contributed by atoms with E-state index >= 15 is 0 Å². The van der Waals surface area contributed by atoms with Gasteiger partial charge in [0.05, 0.1) is 13.2 Å². The number of aromatic nitrogens is 4. The summed E-state index contributed by atoms with van der Waals surface area (Å²) in [4.78, 5) is 42.7. The van der Waals surface area contributed by atoms with E-state index in [0.717, 1.165) is 11.1 Å². The lowest BCUT2D eigenvalue weighted by Gasteiger charge is -2.33. The monoisotopic (exact) mass is 610 g/mol. The van der Waals surface area contributed by atoms with Gasteiger partial charge in [-0.05, 0) is 74.1 Å². The first-order valence-corrected chi connectivity index (χ1v) is 14.8. The Morgan fingerprint density at radius 2 is 1.76 bits per heavy atom. The van der Waals surface area contributed by atoms with Crippen molar-refractivity contribution in [3.05, 3.63) is 90.0 Å². The highest BCUT2D eigenvalue weighted by molar-refractivity contribution is 5.95. The van der Waals surface area contributed by atoms with Crippen LogP contribution >= 0.6 is 0 Å². The number of carbonyl (C=O) groups is 3. The summed E-state index contributed by atoms with van der Waals surface area (Å²) in [6.45, 7) is 5.51. The van der Waals surface area contributed by atoms with Crippen molar-refractivity contribution in [2.75, 3.05) is 19.0 Å². The number of para-hydroxylation sites is 1. The van der Waals surface area contributed by atoms with E-state index in [9.17, 15) is 14.4 Å². The number of H-pyrrole nitrogens is 1. The molecule has 0 radical (unpaired) electrons. The van der Waals surface area contributed by atoms with Crippen LogP contribution in [0.2, 0.25) is 0 Å². The van der Waals surface area contributed by atoms with Crippen LogP contribution in [-0.4, -0.2) is 68.6 Å². The van der Waals surface area contributed by atoms with Gasteiger partial charge in [-0.2, -0.15) is 5.21 Å². The summed E-state index contributed by atoms with van der Waals surface area (Å²) in [6, 6.07) is 22.5. The molecule has 45 heavy (non-hydrogen) atoms. The summed E-state index contributed by atoms with van der Waals surface area (Å²) >= 11 is 0. The van der Waals surface area contributed by atoms with E-state index < -0.39 is 23.7 Å². The van der Waals surface area contributed by atoms with Crippen molar-refractivity contribution >= 4 is 23.5 Å². The molecular weight excluding hydrogens is 572 g/mol. The van der Waals surface area contributed by atoms with Gasteiger partial charge in [0.15, 0.2) is 0 Å². The summed E-state index contributed by atoms with van der Waals surface area (Å²) < 4.78 is 5.71. The lowest BCUT2D eigenvalue weighted by atomic mass is 9.86. The average Bonchev–Trinajstić information content (AvgIpc) is 3.52. The Morgan fingerprint density at radius 3 is 2.47 bits per heavy atom. The number of benzene rings is 3. The normalized spacial score (nSPS) is 18.5. The van der Waals surface area contributed by atoms with Gasteiger partial charge < -0.3 is 25.6 Å². The zero-order valence-corrected chi connectivity index (χ0v) is 25.8. The quantitative estimate of drug-likeness (QED) is 0.230. The molecule has 2 heterocycles. The minimum Gasteiger partial charge on any atom is -0.496 e. The van der Waals surface area contributed by atoms with Gasteiger partial charge in [-0.3, -0.25) is 9.59 Å². The van der Waals surface area contributed by atoms with Crippen LogP contribution in [0.1, 0.15) is 56.7 Å². The maximum atomic E-state index is 14.4. The number of hydrogen-bond acceptors (Lipinski definition) is 7. The van der Waals surface area contributed by atoms with Gasteiger partial charge in [-0.15, -0.1) is 10.2 Å². The molecule has 5 rings (SSSR count). The Balaban J connectivity index is 1.48. The second-order valence-corrected chi connectivity index (χ2v) is 12.1. The molecule has 4 N–H and O–H groups in total. The SMILES string of the molecule is COc1ccccc1C1CC(NC(=O)Nc2cccc(-c3nn[nH]n3)c2)C(=O)N(CC(=O)NC(C)(C)C)C(c2ccccc2)C1. The number of amides is 4. The van der Waals surface area contributed by atoms with Crippen molar-refractivity contribution in [3.63, 3.8) is 0 Å². The second kappa shape index (κ2) is 13.6. The molecule has 3 atom stereocenters. The van der Waals surface area contributed by atoms with Gasteiger partial charge in [0.25, 0.3) is 0 Å². The molecule has 1 fully saturated rings. The van der Waals surface area contributed by atoms with Crippen molar-refractivity contribution in [2.24, 2.45) is 0 Å². The first-order chi connectivity index (χ1) is 21.6. The maximum Gasteiger partial charge on any atom is 0.319 e. The van der Waals surface area contributed by atoms with E-state index in [1.54, 1.807) is 36.3 Å². The Hall–Kier alpha value is -5.26. The molecule has 0 aliphatic carbocycles. The van der Waals surface area contributed by atoms with E-state index in [2.05, 4.69) is 36.6 Å². The number of anilines is 1. The zero-order chi connectivity index (χ0) is 32.0. The van der Waals surface area contributed by atoms with Crippen LogP contribution in [-0.2, 0) is 9.59 Å². The van der Waals surface area contributed by atoms with Crippen LogP contribution in [0.4, 0.5) is 10.5 Å². The number of ether oxygens (including phenoxy) is 1. The minimum atomic E-state index is -0.934. The van der Waals surface area contributed by atoms with E-state index in [4.69, 9.17) is 4.74 Å². The highest BCUT2D eigenvalue weighted by Crippen LogP contribution is 2.41. The van der Waals surface area contributed by atoms with Crippen molar-refractivity contribution in [1.29, 1.82) is 0 Å². The molecule has 4 aromatic rings. The molecular formula is C33H38N8O4. The summed E-state index contributed by atoms with van der Waals surface area (Å²) in [7, 11) is 1.62. The predicted octanol–water partition coefficient (Wildman–Crippen LogP) is 4.43. The number of hydrogen-bond donors (Lipinski definition) is 4. The largest absolute Gasteiger partial charge is 0.496 e. The summed E-state index contributed by atoms with van der Waals surface area (Å²) in [6.07, 6.45) is 0.821. The van der Waals surface area contributed by atoms with Gasteiger partial charge in [-0.1, -0.05) is 60.7 Å². The first kappa shape index (κ1) is 31.2. The smallest absolute Gasteiger partial charge is 0.319 e. The summed E-state index contributed by atoms with van der Waals surface area (Å²) in [5, 5.41) is 22.7. The molecule has 234 valence electrons. The van der Waals surface area contributed by atoms with Gasteiger partial charge >= 0.3 is 6.03 Å². The second-order valence-electron chi connectivity index (χ2n) is 12.1. The molecule has 0 bridgehead atoms. The summed E-state index contributed by atoms with van der Waals surface area (Å²) in [5.41, 5.74) is 2.49. The Labute approximate surface area is 261 Å². The van der Waals surface area contributed by atoms with Crippen LogP contribution in [0, 0.1) is 0 Å². The van der Waals surface area contributed by atoms with Crippen molar-refractivity contribution in [1.82, 2.24) is 36.2 Å². The zero-order valence-electron chi connectivity index (χ0n) is 25.8. The van der Waals surface area contributed by atoms with Gasteiger partial charge in [-0.25, -0.2) is 4.79 Å². The third-order valence-corrected chi connectivity index (χ3v) is 7.61. The molecule has 1 aliphatic rings. The molecule has 0 spiro atoms.